The first-order valence-corrected chi connectivity index (χ1v) is 12.9. The summed E-state index contributed by atoms with van der Waals surface area (Å²) in [6.45, 7) is 6.54. The molecule has 10 nitrogen and oxygen atoms in total. The smallest absolute Gasteiger partial charge is 0.343 e. The Morgan fingerprint density at radius 3 is 2.37 bits per heavy atom. The third-order valence-electron chi connectivity index (χ3n) is 6.55. The van der Waals surface area contributed by atoms with Gasteiger partial charge in [-0.2, -0.15) is 0 Å². The fraction of sp³-hybridized carbons (Fsp3) is 0.300. The van der Waals surface area contributed by atoms with Crippen LogP contribution in [-0.2, 0) is 18.9 Å². The molecule has 0 bridgehead atoms. The molecule has 0 N–H and O–H groups in total. The van der Waals surface area contributed by atoms with E-state index >= 15 is 0 Å². The van der Waals surface area contributed by atoms with Crippen molar-refractivity contribution in [2.24, 2.45) is 7.05 Å². The van der Waals surface area contributed by atoms with Gasteiger partial charge in [0.25, 0.3) is 11.4 Å². The number of hydrogen-bond donors (Lipinski definition) is 0. The van der Waals surface area contributed by atoms with Gasteiger partial charge >= 0.3 is 5.97 Å². The maximum Gasteiger partial charge on any atom is 0.343 e. The number of esters is 1. The molecule has 0 unspecified atom stereocenters. The average molecular weight is 561 g/mol. The van der Waals surface area contributed by atoms with Crippen LogP contribution in [0.3, 0.4) is 0 Å². The number of rotatable bonds is 10. The highest BCUT2D eigenvalue weighted by Gasteiger charge is 2.34. The van der Waals surface area contributed by atoms with E-state index in [0.717, 1.165) is 4.57 Å². The summed E-state index contributed by atoms with van der Waals surface area (Å²) in [7, 11) is 1.42. The molecule has 212 valence electrons. The summed E-state index contributed by atoms with van der Waals surface area (Å²) in [6, 6.07) is 12.5. The molecule has 2 heterocycles. The SMILES string of the molecule is Cc1nnc(C(=O)CC(C)(C)c2nc(C(=O)CCc3ccc(F)c(C)c3)c(OC(=O)c3ccccc3)c(=O)n2C)o1. The zero-order chi connectivity index (χ0) is 29.9. The van der Waals surface area contributed by atoms with Crippen LogP contribution in [0.15, 0.2) is 57.7 Å². The number of ether oxygens (including phenoxy) is 1. The van der Waals surface area contributed by atoms with Crippen LogP contribution in [-0.4, -0.2) is 37.3 Å². The van der Waals surface area contributed by atoms with Crippen molar-refractivity contribution in [1.29, 1.82) is 0 Å². The lowest BCUT2D eigenvalue weighted by Gasteiger charge is -2.26. The summed E-state index contributed by atoms with van der Waals surface area (Å²) in [5.74, 6) is -2.57. The molecule has 4 rings (SSSR count). The Bertz CT molecular complexity index is 1690. The van der Waals surface area contributed by atoms with Crippen molar-refractivity contribution in [2.45, 2.75) is 52.4 Å². The summed E-state index contributed by atoms with van der Waals surface area (Å²) in [6.07, 6.45) is -0.0294. The highest BCUT2D eigenvalue weighted by atomic mass is 19.1. The normalized spacial score (nSPS) is 11.4. The lowest BCUT2D eigenvalue weighted by Crippen LogP contribution is -2.36. The van der Waals surface area contributed by atoms with Crippen molar-refractivity contribution in [2.75, 3.05) is 0 Å². The standard InChI is InChI=1S/C30H29FN4O6/c1-17-15-19(11-13-21(17)31)12-14-22(36)24-25(41-28(39)20-9-7-6-8-10-20)27(38)35(5)29(32-24)30(3,4)16-23(37)26-34-33-18(2)40-26/h6-11,13,15H,12,14,16H2,1-5H3. The maximum absolute atomic E-state index is 13.7. The van der Waals surface area contributed by atoms with E-state index in [9.17, 15) is 23.6 Å². The molecule has 2 aromatic heterocycles. The molecule has 0 amide bonds. The molecule has 0 spiro atoms. The van der Waals surface area contributed by atoms with E-state index < -0.39 is 34.3 Å². The molecule has 0 radical (unpaired) electrons. The number of benzene rings is 2. The monoisotopic (exact) mass is 560 g/mol. The predicted molar refractivity (Wildman–Crippen MR) is 146 cm³/mol. The van der Waals surface area contributed by atoms with Crippen LogP contribution in [0.4, 0.5) is 4.39 Å². The lowest BCUT2D eigenvalue weighted by molar-refractivity contribution is 0.0727. The first-order chi connectivity index (χ1) is 19.4. The first-order valence-electron chi connectivity index (χ1n) is 12.9. The number of aryl methyl sites for hydroxylation is 3. The summed E-state index contributed by atoms with van der Waals surface area (Å²) in [4.78, 5) is 57.3. The summed E-state index contributed by atoms with van der Waals surface area (Å²) in [5.41, 5.74) is -0.845. The van der Waals surface area contributed by atoms with E-state index in [1.807, 2.05) is 0 Å². The highest BCUT2D eigenvalue weighted by molar-refractivity contribution is 5.99. The van der Waals surface area contributed by atoms with Crippen LogP contribution >= 0.6 is 0 Å². The fourth-order valence-corrected chi connectivity index (χ4v) is 4.40. The minimum atomic E-state index is -1.07. The Balaban J connectivity index is 1.73. The number of aromatic nitrogens is 4. The molecule has 11 heteroatoms. The molecular weight excluding hydrogens is 531 g/mol. The quantitative estimate of drug-likeness (QED) is 0.203. The van der Waals surface area contributed by atoms with Gasteiger partial charge in [-0.25, -0.2) is 14.2 Å². The number of nitrogens with zero attached hydrogens (tertiary/aromatic N) is 4. The summed E-state index contributed by atoms with van der Waals surface area (Å²) >= 11 is 0. The van der Waals surface area contributed by atoms with E-state index in [-0.39, 0.29) is 53.9 Å². The third-order valence-corrected chi connectivity index (χ3v) is 6.55. The van der Waals surface area contributed by atoms with Gasteiger partial charge in [-0.3, -0.25) is 19.0 Å². The van der Waals surface area contributed by atoms with Crippen LogP contribution in [0.2, 0.25) is 0 Å². The van der Waals surface area contributed by atoms with Crippen molar-refractivity contribution < 1.29 is 27.9 Å². The Morgan fingerprint density at radius 1 is 1.02 bits per heavy atom. The number of hydrogen-bond acceptors (Lipinski definition) is 9. The van der Waals surface area contributed by atoms with Crippen LogP contribution in [0.1, 0.15) is 81.1 Å². The number of halogens is 1. The van der Waals surface area contributed by atoms with Crippen molar-refractivity contribution >= 4 is 17.5 Å². The highest BCUT2D eigenvalue weighted by Crippen LogP contribution is 2.29. The molecule has 0 aliphatic carbocycles. The zero-order valence-electron chi connectivity index (χ0n) is 23.4. The van der Waals surface area contributed by atoms with Crippen molar-refractivity contribution in [3.63, 3.8) is 0 Å². The lowest BCUT2D eigenvalue weighted by atomic mass is 9.85. The number of Topliss-reactive ketones (excluding diaryl/α,β-unsaturated/α-hetero) is 2. The third kappa shape index (κ3) is 6.51. The van der Waals surface area contributed by atoms with Crippen LogP contribution in [0.5, 0.6) is 5.75 Å². The predicted octanol–water partition coefficient (Wildman–Crippen LogP) is 4.50. The molecule has 0 saturated carbocycles. The second-order valence-corrected chi connectivity index (χ2v) is 10.3. The van der Waals surface area contributed by atoms with Gasteiger partial charge < -0.3 is 9.15 Å². The van der Waals surface area contributed by atoms with Crippen LogP contribution in [0, 0.1) is 19.7 Å². The molecule has 2 aromatic carbocycles. The van der Waals surface area contributed by atoms with Gasteiger partial charge in [-0.15, -0.1) is 10.2 Å². The van der Waals surface area contributed by atoms with E-state index in [1.54, 1.807) is 58.0 Å². The average Bonchev–Trinajstić information content (AvgIpc) is 3.38. The van der Waals surface area contributed by atoms with Gasteiger partial charge in [0.05, 0.1) is 5.56 Å². The van der Waals surface area contributed by atoms with Crippen molar-refractivity contribution in [3.05, 3.63) is 105 Å². The molecule has 0 saturated heterocycles. The Morgan fingerprint density at radius 2 is 1.73 bits per heavy atom. The van der Waals surface area contributed by atoms with Gasteiger partial charge in [0.1, 0.15) is 11.6 Å². The van der Waals surface area contributed by atoms with Gasteiger partial charge in [-0.1, -0.05) is 44.2 Å². The number of ketones is 2. The van der Waals surface area contributed by atoms with E-state index in [2.05, 4.69) is 15.2 Å². The Labute approximate surface area is 235 Å². The van der Waals surface area contributed by atoms with Crippen LogP contribution in [0.25, 0.3) is 0 Å². The largest absolute Gasteiger partial charge is 0.419 e. The molecule has 0 fully saturated rings. The van der Waals surface area contributed by atoms with Gasteiger partial charge in [0.15, 0.2) is 11.5 Å². The topological polar surface area (TPSA) is 134 Å². The van der Waals surface area contributed by atoms with Gasteiger partial charge in [0.2, 0.25) is 17.4 Å². The fourth-order valence-electron chi connectivity index (χ4n) is 4.40. The molecule has 4 aromatic rings. The maximum atomic E-state index is 13.7. The Hall–Kier alpha value is -4.80. The molecule has 0 aliphatic heterocycles. The van der Waals surface area contributed by atoms with Gasteiger partial charge in [0, 0.05) is 32.2 Å². The van der Waals surface area contributed by atoms with E-state index in [4.69, 9.17) is 9.15 Å². The summed E-state index contributed by atoms with van der Waals surface area (Å²) < 4.78 is 25.6. The minimum absolute atomic E-state index is 0.0960. The second kappa shape index (κ2) is 11.7. The van der Waals surface area contributed by atoms with E-state index in [0.29, 0.717) is 11.1 Å². The minimum Gasteiger partial charge on any atom is -0.419 e. The van der Waals surface area contributed by atoms with Crippen LogP contribution < -0.4 is 10.3 Å². The van der Waals surface area contributed by atoms with Crippen molar-refractivity contribution in [1.82, 2.24) is 19.7 Å². The van der Waals surface area contributed by atoms with E-state index in [1.165, 1.54) is 25.2 Å². The first kappa shape index (κ1) is 29.2. The van der Waals surface area contributed by atoms with Gasteiger partial charge in [-0.05, 0) is 42.7 Å². The summed E-state index contributed by atoms with van der Waals surface area (Å²) in [5, 5.41) is 7.44. The second-order valence-electron chi connectivity index (χ2n) is 10.3. The molecule has 41 heavy (non-hydrogen) atoms. The number of carbonyl (C=O) groups is 3. The Kier molecular flexibility index (Phi) is 8.36. The molecule has 0 aliphatic rings. The zero-order valence-corrected chi connectivity index (χ0v) is 23.4. The molecular formula is C30H29FN4O6. The number of carbonyl (C=O) groups excluding carboxylic acids is 3. The van der Waals surface area contributed by atoms with Crippen molar-refractivity contribution in [3.8, 4) is 5.75 Å². The molecule has 0 atom stereocenters.